The number of cyclic esters (lactones) is 2. The highest BCUT2D eigenvalue weighted by Crippen LogP contribution is 2.20. The van der Waals surface area contributed by atoms with Crippen LogP contribution in [0.5, 0.6) is 5.75 Å². The molecule has 1 fully saturated rings. The molecule has 0 spiro atoms. The lowest BCUT2D eigenvalue weighted by Gasteiger charge is -2.33. The van der Waals surface area contributed by atoms with E-state index in [4.69, 9.17) is 9.47 Å². The van der Waals surface area contributed by atoms with Gasteiger partial charge in [-0.3, -0.25) is 19.4 Å². The minimum absolute atomic E-state index is 0.0990. The van der Waals surface area contributed by atoms with Gasteiger partial charge in [0.1, 0.15) is 17.9 Å². The highest BCUT2D eigenvalue weighted by molar-refractivity contribution is 5.98. The number of nitrogens with one attached hydrogen (secondary N) is 2. The Morgan fingerprint density at radius 2 is 1.82 bits per heavy atom. The molecule has 3 rings (SSSR count). The van der Waals surface area contributed by atoms with Gasteiger partial charge in [0.05, 0.1) is 18.1 Å². The molecule has 1 saturated heterocycles. The minimum atomic E-state index is -1.45. The van der Waals surface area contributed by atoms with Crippen molar-refractivity contribution in [3.8, 4) is 5.75 Å². The van der Waals surface area contributed by atoms with Crippen molar-refractivity contribution in [2.24, 2.45) is 11.8 Å². The van der Waals surface area contributed by atoms with Crippen LogP contribution in [0.1, 0.15) is 43.7 Å². The van der Waals surface area contributed by atoms with Crippen LogP contribution in [0, 0.1) is 11.8 Å². The molecule has 0 aromatic carbocycles. The van der Waals surface area contributed by atoms with Crippen LogP contribution in [0.25, 0.3) is 0 Å². The van der Waals surface area contributed by atoms with Gasteiger partial charge in [-0.05, 0) is 44.0 Å². The van der Waals surface area contributed by atoms with Crippen molar-refractivity contribution in [2.75, 3.05) is 0 Å². The van der Waals surface area contributed by atoms with Crippen LogP contribution in [-0.2, 0) is 30.3 Å². The summed E-state index contributed by atoms with van der Waals surface area (Å²) in [5.41, 5.74) is 0.336. The number of rotatable bonds is 5. The van der Waals surface area contributed by atoms with Gasteiger partial charge in [0.15, 0.2) is 5.69 Å². The van der Waals surface area contributed by atoms with Crippen molar-refractivity contribution in [1.29, 1.82) is 0 Å². The average Bonchev–Trinajstić information content (AvgIpc) is 2.88. The smallest absolute Gasteiger partial charge is 0.348 e. The van der Waals surface area contributed by atoms with Gasteiger partial charge in [-0.25, -0.2) is 9.78 Å². The lowest BCUT2D eigenvalue weighted by molar-refractivity contribution is -0.180. The fraction of sp³-hybridized carbons (Fsp3) is 0.462. The standard InChI is InChI=1S/C26H32N4O8/c1-13(2)22-26(36)37-15(4)19(30-24(34)20-18(31)8-6-10-28-20)23(33)29-17(11-16-7-5-9-27-12-16)21(32)14(3)25(35)38-22/h5-10,12-15,17,19,21-22,31-32H,11H2,1-4H3,(H,29,33)(H,30,34)/t14-,15-,17+,19+,21+,22+/m1/s1. The van der Waals surface area contributed by atoms with Gasteiger partial charge >= 0.3 is 11.9 Å². The molecule has 38 heavy (non-hydrogen) atoms. The number of carbonyl (C=O) groups is 4. The molecule has 4 N–H and O–H groups in total. The van der Waals surface area contributed by atoms with E-state index in [1.165, 1.54) is 32.2 Å². The summed E-state index contributed by atoms with van der Waals surface area (Å²) in [7, 11) is 0. The zero-order valence-electron chi connectivity index (χ0n) is 21.5. The number of aromatic hydroxyl groups is 1. The fourth-order valence-corrected chi connectivity index (χ4v) is 3.97. The summed E-state index contributed by atoms with van der Waals surface area (Å²) >= 11 is 0. The van der Waals surface area contributed by atoms with E-state index in [1.54, 1.807) is 38.4 Å². The Hall–Kier alpha value is -4.06. The summed E-state index contributed by atoms with van der Waals surface area (Å²) in [6.07, 6.45) is 0.562. The van der Waals surface area contributed by atoms with E-state index in [0.29, 0.717) is 5.56 Å². The van der Waals surface area contributed by atoms with Gasteiger partial charge < -0.3 is 30.3 Å². The van der Waals surface area contributed by atoms with Crippen LogP contribution < -0.4 is 10.6 Å². The van der Waals surface area contributed by atoms with Crippen molar-refractivity contribution in [3.63, 3.8) is 0 Å². The monoisotopic (exact) mass is 528 g/mol. The van der Waals surface area contributed by atoms with Crippen molar-refractivity contribution in [2.45, 2.75) is 64.5 Å². The van der Waals surface area contributed by atoms with E-state index in [0.717, 1.165) is 0 Å². The Morgan fingerprint density at radius 1 is 1.11 bits per heavy atom. The van der Waals surface area contributed by atoms with E-state index in [-0.39, 0.29) is 12.1 Å². The molecule has 12 nitrogen and oxygen atoms in total. The van der Waals surface area contributed by atoms with Crippen LogP contribution in [0.3, 0.4) is 0 Å². The zero-order valence-corrected chi connectivity index (χ0v) is 21.5. The van der Waals surface area contributed by atoms with E-state index >= 15 is 0 Å². The largest absolute Gasteiger partial charge is 0.505 e. The summed E-state index contributed by atoms with van der Waals surface area (Å²) in [5.74, 6) is -5.43. The first-order chi connectivity index (χ1) is 18.0. The normalized spacial score (nSPS) is 26.8. The molecule has 0 radical (unpaired) electrons. The summed E-state index contributed by atoms with van der Waals surface area (Å²) in [5, 5.41) is 26.3. The number of esters is 2. The molecule has 0 aliphatic carbocycles. The van der Waals surface area contributed by atoms with Crippen molar-refractivity contribution >= 4 is 23.8 Å². The molecule has 3 heterocycles. The quantitative estimate of drug-likeness (QED) is 0.400. The predicted molar refractivity (Wildman–Crippen MR) is 132 cm³/mol. The van der Waals surface area contributed by atoms with Crippen LogP contribution in [0.4, 0.5) is 0 Å². The Kier molecular flexibility index (Phi) is 9.35. The van der Waals surface area contributed by atoms with Gasteiger partial charge in [0.25, 0.3) is 5.91 Å². The Bertz CT molecular complexity index is 1160. The summed E-state index contributed by atoms with van der Waals surface area (Å²) in [6.45, 7) is 6.12. The first-order valence-corrected chi connectivity index (χ1v) is 12.2. The van der Waals surface area contributed by atoms with Crippen molar-refractivity contribution < 1.29 is 38.9 Å². The molecule has 2 aromatic heterocycles. The first-order valence-electron chi connectivity index (χ1n) is 12.2. The molecule has 0 unspecified atom stereocenters. The molecule has 6 atom stereocenters. The number of aliphatic hydroxyl groups is 1. The first kappa shape index (κ1) is 28.5. The van der Waals surface area contributed by atoms with Crippen molar-refractivity contribution in [3.05, 3.63) is 54.1 Å². The van der Waals surface area contributed by atoms with E-state index in [2.05, 4.69) is 20.6 Å². The Morgan fingerprint density at radius 3 is 2.45 bits per heavy atom. The second-order valence-corrected chi connectivity index (χ2v) is 9.53. The third kappa shape index (κ3) is 6.82. The van der Waals surface area contributed by atoms with Crippen LogP contribution in [0.15, 0.2) is 42.9 Å². The number of pyridine rings is 2. The predicted octanol–water partition coefficient (Wildman–Crippen LogP) is 0.518. The maximum atomic E-state index is 13.5. The van der Waals surface area contributed by atoms with E-state index < -0.39 is 71.7 Å². The number of carbonyl (C=O) groups excluding carboxylic acids is 4. The van der Waals surface area contributed by atoms with E-state index in [9.17, 15) is 29.4 Å². The molecule has 2 aromatic rings. The Balaban J connectivity index is 1.99. The number of hydrogen-bond acceptors (Lipinski definition) is 10. The van der Waals surface area contributed by atoms with Crippen molar-refractivity contribution in [1.82, 2.24) is 20.6 Å². The van der Waals surface area contributed by atoms with Gasteiger partial charge in [0, 0.05) is 24.5 Å². The third-order valence-electron chi connectivity index (χ3n) is 6.23. The molecule has 12 heteroatoms. The number of amides is 2. The summed E-state index contributed by atoms with van der Waals surface area (Å²) in [6, 6.07) is 3.67. The lowest BCUT2D eigenvalue weighted by Crippen LogP contribution is -2.59. The number of aliphatic hydroxyl groups excluding tert-OH is 1. The lowest BCUT2D eigenvalue weighted by atomic mass is 9.92. The third-order valence-corrected chi connectivity index (χ3v) is 6.23. The van der Waals surface area contributed by atoms with Gasteiger partial charge in [-0.15, -0.1) is 0 Å². The van der Waals surface area contributed by atoms with Crippen LogP contribution in [-0.4, -0.2) is 74.3 Å². The zero-order chi connectivity index (χ0) is 28.0. The highest BCUT2D eigenvalue weighted by atomic mass is 16.6. The molecule has 1 aliphatic heterocycles. The molecule has 204 valence electrons. The molecule has 0 bridgehead atoms. The molecule has 2 amide bonds. The van der Waals surface area contributed by atoms with Crippen LogP contribution >= 0.6 is 0 Å². The Labute approximate surface area is 219 Å². The number of ether oxygens (including phenoxy) is 2. The minimum Gasteiger partial charge on any atom is -0.505 e. The van der Waals surface area contributed by atoms with Gasteiger partial charge in [0.2, 0.25) is 12.0 Å². The highest BCUT2D eigenvalue weighted by Gasteiger charge is 2.40. The average molecular weight is 529 g/mol. The molecular weight excluding hydrogens is 496 g/mol. The number of hydrogen-bond donors (Lipinski definition) is 4. The number of nitrogens with zero attached hydrogens (tertiary/aromatic N) is 2. The fourth-order valence-electron chi connectivity index (χ4n) is 3.97. The van der Waals surface area contributed by atoms with Crippen LogP contribution in [0.2, 0.25) is 0 Å². The summed E-state index contributed by atoms with van der Waals surface area (Å²) < 4.78 is 10.9. The maximum absolute atomic E-state index is 13.5. The maximum Gasteiger partial charge on any atom is 0.348 e. The molecule has 0 saturated carbocycles. The molecular formula is C26H32N4O8. The van der Waals surface area contributed by atoms with Gasteiger partial charge in [-0.2, -0.15) is 0 Å². The topological polar surface area (TPSA) is 177 Å². The SMILES string of the molecule is CC(C)[C@@H]1OC(=O)[C@H](C)[C@H](O)[C@H](Cc2cccnc2)NC(=O)[C@@H](NC(=O)c2ncccc2O)[C@@H](C)OC1=O. The van der Waals surface area contributed by atoms with Gasteiger partial charge in [-0.1, -0.05) is 19.9 Å². The second-order valence-electron chi connectivity index (χ2n) is 9.53. The summed E-state index contributed by atoms with van der Waals surface area (Å²) in [4.78, 5) is 60.1. The second kappa shape index (κ2) is 12.5. The number of aromatic nitrogens is 2. The van der Waals surface area contributed by atoms with E-state index in [1.807, 2.05) is 0 Å². The molecule has 1 aliphatic rings.